The van der Waals surface area contributed by atoms with Crippen molar-refractivity contribution in [1.82, 2.24) is 0 Å². The Morgan fingerprint density at radius 1 is 0.652 bits per heavy atom. The standard InChI is InChI=1S/C23H29/c1-2-3-4-5-6-7-8-9-13-19-15-12-16-21-18-20-14-10-11-17-22(20)23(19)21/h10-12,14-18H,2-9,13H2,1H3. The van der Waals surface area contributed by atoms with E-state index in [1.807, 2.05) is 0 Å². The van der Waals surface area contributed by atoms with Gasteiger partial charge in [0, 0.05) is 6.42 Å². The van der Waals surface area contributed by atoms with Gasteiger partial charge in [0.2, 0.25) is 0 Å². The van der Waals surface area contributed by atoms with Crippen LogP contribution < -0.4 is 0 Å². The molecule has 2 aromatic rings. The van der Waals surface area contributed by atoms with Crippen LogP contribution in [0, 0.1) is 6.42 Å². The van der Waals surface area contributed by atoms with E-state index >= 15 is 0 Å². The molecule has 2 aromatic carbocycles. The summed E-state index contributed by atoms with van der Waals surface area (Å²) in [5.74, 6) is 0. The van der Waals surface area contributed by atoms with Crippen molar-refractivity contribution in [1.29, 1.82) is 0 Å². The highest BCUT2D eigenvalue weighted by Gasteiger charge is 2.20. The fraction of sp³-hybridized carbons (Fsp3) is 0.435. The molecule has 121 valence electrons. The van der Waals surface area contributed by atoms with Crippen LogP contribution in [0.15, 0.2) is 42.5 Å². The van der Waals surface area contributed by atoms with Crippen molar-refractivity contribution in [3.05, 3.63) is 65.6 Å². The van der Waals surface area contributed by atoms with E-state index in [0.29, 0.717) is 0 Å². The number of hydrogen-bond acceptors (Lipinski definition) is 0. The molecule has 0 bridgehead atoms. The lowest BCUT2D eigenvalue weighted by molar-refractivity contribution is 0.575. The Labute approximate surface area is 141 Å². The van der Waals surface area contributed by atoms with Gasteiger partial charge in [-0.25, -0.2) is 0 Å². The Hall–Kier alpha value is -1.56. The van der Waals surface area contributed by atoms with E-state index in [2.05, 4.69) is 55.8 Å². The monoisotopic (exact) mass is 305 g/mol. The van der Waals surface area contributed by atoms with Crippen molar-refractivity contribution in [3.8, 4) is 11.1 Å². The van der Waals surface area contributed by atoms with E-state index in [-0.39, 0.29) is 0 Å². The lowest BCUT2D eigenvalue weighted by Crippen LogP contribution is -1.91. The molecule has 0 saturated heterocycles. The summed E-state index contributed by atoms with van der Waals surface area (Å²) in [6.07, 6.45) is 14.7. The van der Waals surface area contributed by atoms with Crippen molar-refractivity contribution in [2.24, 2.45) is 0 Å². The fourth-order valence-corrected chi connectivity index (χ4v) is 3.74. The van der Waals surface area contributed by atoms with Crippen LogP contribution in [-0.2, 0) is 6.42 Å². The van der Waals surface area contributed by atoms with Crippen LogP contribution in [0.4, 0.5) is 0 Å². The molecule has 0 N–H and O–H groups in total. The first-order valence-electron chi connectivity index (χ1n) is 9.46. The molecule has 0 nitrogen and oxygen atoms in total. The first-order valence-corrected chi connectivity index (χ1v) is 9.46. The highest BCUT2D eigenvalue weighted by molar-refractivity contribution is 5.83. The Kier molecular flexibility index (Phi) is 5.91. The van der Waals surface area contributed by atoms with Gasteiger partial charge in [-0.15, -0.1) is 0 Å². The summed E-state index contributed by atoms with van der Waals surface area (Å²) < 4.78 is 0. The van der Waals surface area contributed by atoms with Crippen LogP contribution in [0.1, 0.15) is 75.0 Å². The Morgan fingerprint density at radius 2 is 1.35 bits per heavy atom. The number of benzene rings is 2. The number of rotatable bonds is 9. The Bertz CT molecular complexity index is 624. The van der Waals surface area contributed by atoms with Gasteiger partial charge in [-0.1, -0.05) is 94.3 Å². The molecule has 0 amide bonds. The molecule has 1 aliphatic carbocycles. The van der Waals surface area contributed by atoms with E-state index in [9.17, 15) is 0 Å². The third kappa shape index (κ3) is 4.05. The largest absolute Gasteiger partial charge is 0.0654 e. The topological polar surface area (TPSA) is 0 Å². The number of hydrogen-bond donors (Lipinski definition) is 0. The Balaban J connectivity index is 1.52. The second-order valence-corrected chi connectivity index (χ2v) is 6.84. The maximum Gasteiger partial charge on any atom is 0.0212 e. The maximum absolute atomic E-state index is 2.34. The summed E-state index contributed by atoms with van der Waals surface area (Å²) in [4.78, 5) is 0. The van der Waals surface area contributed by atoms with Crippen molar-refractivity contribution < 1.29 is 0 Å². The number of unbranched alkanes of at least 4 members (excludes halogenated alkanes) is 7. The third-order valence-corrected chi connectivity index (χ3v) is 5.02. The predicted octanol–water partition coefficient (Wildman–Crippen LogP) is 6.95. The normalized spacial score (nSPS) is 12.2. The molecule has 3 rings (SSSR count). The molecule has 0 heteroatoms. The van der Waals surface area contributed by atoms with E-state index in [1.165, 1.54) is 85.6 Å². The van der Waals surface area contributed by atoms with Crippen LogP contribution in [0.2, 0.25) is 0 Å². The lowest BCUT2D eigenvalue weighted by atomic mass is 9.95. The average Bonchev–Trinajstić information content (AvgIpc) is 2.96. The number of fused-ring (bicyclic) bond motifs is 3. The van der Waals surface area contributed by atoms with Crippen LogP contribution in [0.5, 0.6) is 0 Å². The average molecular weight is 305 g/mol. The second kappa shape index (κ2) is 8.34. The predicted molar refractivity (Wildman–Crippen MR) is 101 cm³/mol. The van der Waals surface area contributed by atoms with Gasteiger partial charge in [0.25, 0.3) is 0 Å². The van der Waals surface area contributed by atoms with Crippen molar-refractivity contribution in [2.75, 3.05) is 0 Å². The molecule has 0 atom stereocenters. The Morgan fingerprint density at radius 3 is 2.17 bits per heavy atom. The van der Waals surface area contributed by atoms with E-state index in [4.69, 9.17) is 0 Å². The van der Waals surface area contributed by atoms with Gasteiger partial charge in [-0.3, -0.25) is 0 Å². The van der Waals surface area contributed by atoms with Gasteiger partial charge >= 0.3 is 0 Å². The van der Waals surface area contributed by atoms with Crippen molar-refractivity contribution in [2.45, 2.75) is 64.7 Å². The molecule has 1 aliphatic rings. The molecular weight excluding hydrogens is 276 g/mol. The van der Waals surface area contributed by atoms with Gasteiger partial charge in [0.1, 0.15) is 0 Å². The van der Waals surface area contributed by atoms with Crippen LogP contribution in [-0.4, -0.2) is 0 Å². The highest BCUT2D eigenvalue weighted by Crippen LogP contribution is 2.40. The minimum Gasteiger partial charge on any atom is -0.0654 e. The van der Waals surface area contributed by atoms with Gasteiger partial charge in [-0.05, 0) is 40.7 Å². The zero-order chi connectivity index (χ0) is 15.9. The molecule has 0 saturated carbocycles. The summed E-state index contributed by atoms with van der Waals surface area (Å²) >= 11 is 0. The van der Waals surface area contributed by atoms with E-state index < -0.39 is 0 Å². The zero-order valence-corrected chi connectivity index (χ0v) is 14.5. The third-order valence-electron chi connectivity index (χ3n) is 5.02. The van der Waals surface area contributed by atoms with Gasteiger partial charge in [-0.2, -0.15) is 0 Å². The molecule has 0 unspecified atom stereocenters. The van der Waals surface area contributed by atoms with Gasteiger partial charge in [0.05, 0.1) is 0 Å². The maximum atomic E-state index is 2.34. The molecule has 23 heavy (non-hydrogen) atoms. The van der Waals surface area contributed by atoms with E-state index in [0.717, 1.165) is 0 Å². The van der Waals surface area contributed by atoms with Crippen LogP contribution in [0.3, 0.4) is 0 Å². The summed E-state index contributed by atoms with van der Waals surface area (Å²) in [5, 5.41) is 0. The molecule has 0 aliphatic heterocycles. The summed E-state index contributed by atoms with van der Waals surface area (Å²) in [6, 6.07) is 15.6. The van der Waals surface area contributed by atoms with Gasteiger partial charge in [0.15, 0.2) is 0 Å². The number of aryl methyl sites for hydroxylation is 1. The van der Waals surface area contributed by atoms with Crippen molar-refractivity contribution in [3.63, 3.8) is 0 Å². The minimum absolute atomic E-state index is 1.22. The van der Waals surface area contributed by atoms with Gasteiger partial charge < -0.3 is 0 Å². The summed E-state index contributed by atoms with van der Waals surface area (Å²) in [7, 11) is 0. The highest BCUT2D eigenvalue weighted by atomic mass is 14.2. The van der Waals surface area contributed by atoms with Crippen LogP contribution >= 0.6 is 0 Å². The minimum atomic E-state index is 1.22. The molecule has 0 aromatic heterocycles. The second-order valence-electron chi connectivity index (χ2n) is 6.84. The first-order chi connectivity index (χ1) is 11.4. The SMILES string of the molecule is CCCCCCCCCCc1cccc2c1-c1ccccc1[CH]2. The quantitative estimate of drug-likeness (QED) is 0.375. The van der Waals surface area contributed by atoms with Crippen molar-refractivity contribution >= 4 is 0 Å². The molecule has 0 spiro atoms. The molecule has 1 radical (unpaired) electrons. The molecule has 0 heterocycles. The fourth-order valence-electron chi connectivity index (χ4n) is 3.74. The molecular formula is C23H29. The van der Waals surface area contributed by atoms with E-state index in [1.54, 1.807) is 0 Å². The lowest BCUT2D eigenvalue weighted by Gasteiger charge is -2.09. The zero-order valence-electron chi connectivity index (χ0n) is 14.5. The van der Waals surface area contributed by atoms with Crippen LogP contribution in [0.25, 0.3) is 11.1 Å². The summed E-state index contributed by atoms with van der Waals surface area (Å²) in [5.41, 5.74) is 7.24. The summed E-state index contributed by atoms with van der Waals surface area (Å²) in [6.45, 7) is 2.29. The smallest absolute Gasteiger partial charge is 0.0212 e. The first kappa shape index (κ1) is 16.3. The molecule has 0 fully saturated rings.